The Bertz CT molecular complexity index is 239. The third-order valence-electron chi connectivity index (χ3n) is 4.45. The Morgan fingerprint density at radius 2 is 1.95 bits per heavy atom. The summed E-state index contributed by atoms with van der Waals surface area (Å²) in [7, 11) is 0. The van der Waals surface area contributed by atoms with E-state index in [0.29, 0.717) is 0 Å². The van der Waals surface area contributed by atoms with Crippen LogP contribution in [-0.4, -0.2) is 50.8 Å². The van der Waals surface area contributed by atoms with E-state index < -0.39 is 0 Å². The molecular formula is C16H32N2O. The van der Waals surface area contributed by atoms with Crippen molar-refractivity contribution in [1.82, 2.24) is 10.2 Å². The van der Waals surface area contributed by atoms with Gasteiger partial charge in [-0.05, 0) is 63.1 Å². The fourth-order valence-corrected chi connectivity index (χ4v) is 3.35. The van der Waals surface area contributed by atoms with E-state index in [-0.39, 0.29) is 0 Å². The molecule has 112 valence electrons. The predicted octanol–water partition coefficient (Wildman–Crippen LogP) is 2.37. The van der Waals surface area contributed by atoms with Crippen molar-refractivity contribution in [3.8, 4) is 0 Å². The Morgan fingerprint density at radius 3 is 2.68 bits per heavy atom. The summed E-state index contributed by atoms with van der Waals surface area (Å²) in [5.41, 5.74) is 0. The fraction of sp³-hybridized carbons (Fsp3) is 1.00. The molecule has 2 aliphatic rings. The lowest BCUT2D eigenvalue weighted by molar-refractivity contribution is 0.0452. The summed E-state index contributed by atoms with van der Waals surface area (Å²) in [6.07, 6.45) is 5.34. The first kappa shape index (κ1) is 15.3. The molecule has 0 radical (unpaired) electrons. The van der Waals surface area contributed by atoms with Gasteiger partial charge in [0.15, 0.2) is 0 Å². The number of rotatable bonds is 6. The maximum atomic E-state index is 5.46. The van der Waals surface area contributed by atoms with E-state index in [0.717, 1.165) is 37.5 Å². The lowest BCUT2D eigenvalue weighted by atomic mass is 9.94. The van der Waals surface area contributed by atoms with Crippen LogP contribution in [0.4, 0.5) is 0 Å². The molecule has 0 spiro atoms. The average Bonchev–Trinajstić information content (AvgIpc) is 2.40. The molecule has 1 unspecified atom stereocenters. The highest BCUT2D eigenvalue weighted by molar-refractivity contribution is 4.77. The van der Waals surface area contributed by atoms with Crippen molar-refractivity contribution in [1.29, 1.82) is 0 Å². The smallest absolute Gasteiger partial charge is 0.0469 e. The summed E-state index contributed by atoms with van der Waals surface area (Å²) >= 11 is 0. The molecule has 0 aliphatic carbocycles. The highest BCUT2D eigenvalue weighted by atomic mass is 16.5. The molecule has 19 heavy (non-hydrogen) atoms. The molecule has 0 aromatic heterocycles. The van der Waals surface area contributed by atoms with E-state index in [9.17, 15) is 0 Å². The molecule has 3 nitrogen and oxygen atoms in total. The van der Waals surface area contributed by atoms with E-state index in [1.54, 1.807) is 0 Å². The zero-order valence-corrected chi connectivity index (χ0v) is 12.9. The van der Waals surface area contributed by atoms with Crippen LogP contribution in [-0.2, 0) is 4.74 Å². The molecule has 1 N–H and O–H groups in total. The molecule has 2 heterocycles. The number of nitrogens with one attached hydrogen (secondary N) is 1. The van der Waals surface area contributed by atoms with Crippen molar-refractivity contribution >= 4 is 0 Å². The van der Waals surface area contributed by atoms with Crippen molar-refractivity contribution in [2.24, 2.45) is 17.8 Å². The summed E-state index contributed by atoms with van der Waals surface area (Å²) < 4.78 is 5.46. The molecule has 0 amide bonds. The van der Waals surface area contributed by atoms with E-state index in [2.05, 4.69) is 24.1 Å². The first-order chi connectivity index (χ1) is 9.24. The molecule has 3 heteroatoms. The molecule has 0 bridgehead atoms. The molecule has 2 saturated heterocycles. The minimum atomic E-state index is 0.766. The molecule has 0 saturated carbocycles. The lowest BCUT2D eigenvalue weighted by Crippen LogP contribution is -2.42. The number of hydrogen-bond acceptors (Lipinski definition) is 3. The first-order valence-corrected chi connectivity index (χ1v) is 8.25. The fourth-order valence-electron chi connectivity index (χ4n) is 3.35. The third-order valence-corrected chi connectivity index (χ3v) is 4.45. The molecule has 0 aromatic carbocycles. The molecular weight excluding hydrogens is 236 g/mol. The second-order valence-corrected chi connectivity index (χ2v) is 6.88. The summed E-state index contributed by atoms with van der Waals surface area (Å²) in [6.45, 7) is 12.8. The van der Waals surface area contributed by atoms with Gasteiger partial charge in [0.1, 0.15) is 0 Å². The minimum Gasteiger partial charge on any atom is -0.381 e. The van der Waals surface area contributed by atoms with Crippen LogP contribution in [0.3, 0.4) is 0 Å². The summed E-state index contributed by atoms with van der Waals surface area (Å²) in [5.74, 6) is 2.52. The van der Waals surface area contributed by atoms with Gasteiger partial charge in [-0.1, -0.05) is 13.8 Å². The number of piperidine rings is 1. The largest absolute Gasteiger partial charge is 0.381 e. The zero-order valence-electron chi connectivity index (χ0n) is 12.9. The third kappa shape index (κ3) is 5.80. The van der Waals surface area contributed by atoms with Crippen molar-refractivity contribution < 1.29 is 4.74 Å². The molecule has 2 aliphatic heterocycles. The first-order valence-electron chi connectivity index (χ1n) is 8.25. The van der Waals surface area contributed by atoms with Crippen LogP contribution in [0.2, 0.25) is 0 Å². The van der Waals surface area contributed by atoms with Gasteiger partial charge in [-0.25, -0.2) is 0 Å². The van der Waals surface area contributed by atoms with Gasteiger partial charge in [0.05, 0.1) is 0 Å². The zero-order chi connectivity index (χ0) is 13.5. The maximum absolute atomic E-state index is 5.46. The highest BCUT2D eigenvalue weighted by Crippen LogP contribution is 2.21. The van der Waals surface area contributed by atoms with E-state index in [1.165, 1.54) is 51.9 Å². The summed E-state index contributed by atoms with van der Waals surface area (Å²) in [4.78, 5) is 2.71. The van der Waals surface area contributed by atoms with Crippen LogP contribution in [0.25, 0.3) is 0 Å². The van der Waals surface area contributed by atoms with Gasteiger partial charge < -0.3 is 15.0 Å². The Hall–Kier alpha value is -0.120. The van der Waals surface area contributed by atoms with Gasteiger partial charge in [0, 0.05) is 26.3 Å². The van der Waals surface area contributed by atoms with Crippen molar-refractivity contribution in [3.63, 3.8) is 0 Å². The second kappa shape index (κ2) is 8.23. The van der Waals surface area contributed by atoms with Crippen molar-refractivity contribution in [2.45, 2.75) is 39.5 Å². The Morgan fingerprint density at radius 1 is 1.16 bits per heavy atom. The second-order valence-electron chi connectivity index (χ2n) is 6.88. The highest BCUT2D eigenvalue weighted by Gasteiger charge is 2.23. The Balaban J connectivity index is 1.64. The summed E-state index contributed by atoms with van der Waals surface area (Å²) in [5, 5.41) is 3.63. The van der Waals surface area contributed by atoms with Crippen LogP contribution in [0.5, 0.6) is 0 Å². The van der Waals surface area contributed by atoms with Gasteiger partial charge >= 0.3 is 0 Å². The van der Waals surface area contributed by atoms with E-state index in [4.69, 9.17) is 4.74 Å². The van der Waals surface area contributed by atoms with Gasteiger partial charge in [-0.3, -0.25) is 0 Å². The monoisotopic (exact) mass is 268 g/mol. The van der Waals surface area contributed by atoms with Crippen LogP contribution >= 0.6 is 0 Å². The van der Waals surface area contributed by atoms with Crippen molar-refractivity contribution in [2.75, 3.05) is 45.9 Å². The van der Waals surface area contributed by atoms with Gasteiger partial charge in [0.2, 0.25) is 0 Å². The SMILES string of the molecule is CC(C)CNCC1CCCN(CC2CCOCC2)C1. The van der Waals surface area contributed by atoms with Crippen molar-refractivity contribution in [3.05, 3.63) is 0 Å². The predicted molar refractivity (Wildman–Crippen MR) is 80.4 cm³/mol. The normalized spacial score (nSPS) is 27.0. The number of ether oxygens (including phenoxy) is 1. The topological polar surface area (TPSA) is 24.5 Å². The summed E-state index contributed by atoms with van der Waals surface area (Å²) in [6, 6.07) is 0. The number of likely N-dealkylation sites (tertiary alicyclic amines) is 1. The van der Waals surface area contributed by atoms with Gasteiger partial charge in [-0.2, -0.15) is 0 Å². The van der Waals surface area contributed by atoms with E-state index >= 15 is 0 Å². The maximum Gasteiger partial charge on any atom is 0.0469 e. The lowest BCUT2D eigenvalue weighted by Gasteiger charge is -2.36. The molecule has 2 fully saturated rings. The molecule has 1 atom stereocenters. The number of nitrogens with zero attached hydrogens (tertiary/aromatic N) is 1. The van der Waals surface area contributed by atoms with Crippen LogP contribution < -0.4 is 5.32 Å². The molecule has 0 aromatic rings. The standard InChI is InChI=1S/C16H32N2O/c1-14(2)10-17-11-16-4-3-7-18(13-16)12-15-5-8-19-9-6-15/h14-17H,3-13H2,1-2H3. The van der Waals surface area contributed by atoms with Gasteiger partial charge in [0.25, 0.3) is 0 Å². The average molecular weight is 268 g/mol. The van der Waals surface area contributed by atoms with E-state index in [1.807, 2.05) is 0 Å². The van der Waals surface area contributed by atoms with Crippen LogP contribution in [0.1, 0.15) is 39.5 Å². The quantitative estimate of drug-likeness (QED) is 0.800. The Kier molecular flexibility index (Phi) is 6.62. The number of hydrogen-bond donors (Lipinski definition) is 1. The van der Waals surface area contributed by atoms with Crippen LogP contribution in [0.15, 0.2) is 0 Å². The molecule has 2 rings (SSSR count). The Labute approximate surface area is 119 Å². The minimum absolute atomic E-state index is 0.766. The van der Waals surface area contributed by atoms with Gasteiger partial charge in [-0.15, -0.1) is 0 Å². The van der Waals surface area contributed by atoms with Crippen LogP contribution in [0, 0.1) is 17.8 Å².